The summed E-state index contributed by atoms with van der Waals surface area (Å²) in [5.41, 5.74) is 0.863. The Morgan fingerprint density at radius 2 is 2.31 bits per heavy atom. The fourth-order valence-corrected chi connectivity index (χ4v) is 1.63. The minimum absolute atomic E-state index is 0.0637. The van der Waals surface area contributed by atoms with Crippen LogP contribution in [-0.2, 0) is 0 Å². The van der Waals surface area contributed by atoms with Gasteiger partial charge in [-0.3, -0.25) is 4.79 Å². The zero-order valence-electron chi connectivity index (χ0n) is 6.99. The zero-order chi connectivity index (χ0) is 9.42. The van der Waals surface area contributed by atoms with E-state index in [2.05, 4.69) is 27.7 Å². The van der Waals surface area contributed by atoms with Gasteiger partial charge in [0, 0.05) is 22.1 Å². The maximum Gasteiger partial charge on any atom is 0.243 e. The monoisotopic (exact) mass is 286 g/mol. The summed E-state index contributed by atoms with van der Waals surface area (Å²) < 4.78 is 2.49. The van der Waals surface area contributed by atoms with Crippen LogP contribution in [0.25, 0.3) is 10.9 Å². The first kappa shape index (κ1) is 8.68. The molecule has 2 rings (SSSR count). The van der Waals surface area contributed by atoms with Crippen LogP contribution < -0.4 is 0 Å². The van der Waals surface area contributed by atoms with Crippen LogP contribution in [0.5, 0.6) is 0 Å². The molecule has 0 radical (unpaired) electrons. The molecule has 1 heterocycles. The van der Waals surface area contributed by atoms with Gasteiger partial charge in [0.2, 0.25) is 5.91 Å². The molecule has 0 atom stereocenters. The van der Waals surface area contributed by atoms with Crippen LogP contribution in [0.2, 0.25) is 0 Å². The summed E-state index contributed by atoms with van der Waals surface area (Å²) in [5, 5.41) is 5.13. The molecule has 0 aliphatic carbocycles. The lowest BCUT2D eigenvalue weighted by Crippen LogP contribution is -2.04. The van der Waals surface area contributed by atoms with Gasteiger partial charge in [-0.2, -0.15) is 5.10 Å². The minimum atomic E-state index is -0.0637. The first-order valence-electron chi connectivity index (χ1n) is 3.83. The molecular weight excluding hydrogens is 279 g/mol. The molecule has 2 aromatic rings. The number of aromatic nitrogens is 2. The van der Waals surface area contributed by atoms with Crippen LogP contribution >= 0.6 is 22.6 Å². The summed E-state index contributed by atoms with van der Waals surface area (Å²) in [6.07, 6.45) is 1.74. The average molecular weight is 286 g/mol. The molecule has 3 nitrogen and oxygen atoms in total. The van der Waals surface area contributed by atoms with Gasteiger partial charge in [-0.1, -0.05) is 6.07 Å². The van der Waals surface area contributed by atoms with E-state index in [4.69, 9.17) is 0 Å². The van der Waals surface area contributed by atoms with E-state index in [1.54, 1.807) is 6.20 Å². The lowest BCUT2D eigenvalue weighted by Gasteiger charge is -1.88. The van der Waals surface area contributed by atoms with Gasteiger partial charge in [0.15, 0.2) is 0 Å². The Balaban J connectivity index is 2.68. The van der Waals surface area contributed by atoms with Crippen LogP contribution in [0.1, 0.15) is 11.7 Å². The molecule has 0 N–H and O–H groups in total. The highest BCUT2D eigenvalue weighted by atomic mass is 127. The van der Waals surface area contributed by atoms with Crippen molar-refractivity contribution in [1.82, 2.24) is 9.78 Å². The SMILES string of the molecule is CC(=O)n1cc2ccc(I)cc2n1. The normalized spacial score (nSPS) is 10.6. The quantitative estimate of drug-likeness (QED) is 0.696. The van der Waals surface area contributed by atoms with Crippen LogP contribution in [0.3, 0.4) is 0 Å². The van der Waals surface area contributed by atoms with Gasteiger partial charge in [0.25, 0.3) is 0 Å². The van der Waals surface area contributed by atoms with Gasteiger partial charge in [0.1, 0.15) is 0 Å². The summed E-state index contributed by atoms with van der Waals surface area (Å²) in [7, 11) is 0. The number of halogens is 1. The van der Waals surface area contributed by atoms with Crippen LogP contribution in [0.4, 0.5) is 0 Å². The smallest absolute Gasteiger partial charge is 0.243 e. The molecule has 4 heteroatoms. The highest BCUT2D eigenvalue weighted by Crippen LogP contribution is 2.15. The number of rotatable bonds is 0. The second kappa shape index (κ2) is 3.10. The molecule has 66 valence electrons. The summed E-state index contributed by atoms with van der Waals surface area (Å²) in [5.74, 6) is -0.0637. The molecule has 0 bridgehead atoms. The number of hydrogen-bond donors (Lipinski definition) is 0. The number of benzene rings is 1. The largest absolute Gasteiger partial charge is 0.273 e. The Bertz CT molecular complexity index is 475. The Hall–Kier alpha value is -0.910. The summed E-state index contributed by atoms with van der Waals surface area (Å²) >= 11 is 2.22. The third-order valence-corrected chi connectivity index (χ3v) is 2.46. The molecule has 0 unspecified atom stereocenters. The number of carbonyl (C=O) groups excluding carboxylic acids is 1. The Labute approximate surface area is 88.9 Å². The van der Waals surface area contributed by atoms with Crippen molar-refractivity contribution in [2.24, 2.45) is 0 Å². The average Bonchev–Trinajstić information content (AvgIpc) is 2.46. The predicted octanol–water partition coefficient (Wildman–Crippen LogP) is 2.30. The third-order valence-electron chi connectivity index (χ3n) is 1.79. The van der Waals surface area contributed by atoms with Crippen molar-refractivity contribution >= 4 is 39.4 Å². The van der Waals surface area contributed by atoms with Crippen molar-refractivity contribution in [2.75, 3.05) is 0 Å². The van der Waals surface area contributed by atoms with E-state index in [1.807, 2.05) is 18.2 Å². The Morgan fingerprint density at radius 3 is 3.00 bits per heavy atom. The van der Waals surface area contributed by atoms with Gasteiger partial charge < -0.3 is 0 Å². The highest BCUT2D eigenvalue weighted by Gasteiger charge is 2.03. The zero-order valence-corrected chi connectivity index (χ0v) is 9.15. The molecule has 0 saturated carbocycles. The number of hydrogen-bond acceptors (Lipinski definition) is 2. The topological polar surface area (TPSA) is 34.9 Å². The Morgan fingerprint density at radius 1 is 1.54 bits per heavy atom. The summed E-state index contributed by atoms with van der Waals surface area (Å²) in [4.78, 5) is 11.0. The number of nitrogens with zero attached hydrogens (tertiary/aromatic N) is 2. The van der Waals surface area contributed by atoms with Crippen LogP contribution in [-0.4, -0.2) is 15.7 Å². The van der Waals surface area contributed by atoms with E-state index in [9.17, 15) is 4.79 Å². The van der Waals surface area contributed by atoms with Crippen LogP contribution in [0, 0.1) is 3.57 Å². The van der Waals surface area contributed by atoms with E-state index in [0.717, 1.165) is 14.5 Å². The van der Waals surface area contributed by atoms with Crippen molar-refractivity contribution < 1.29 is 4.79 Å². The molecule has 13 heavy (non-hydrogen) atoms. The maximum atomic E-state index is 11.0. The molecule has 1 aromatic carbocycles. The van der Waals surface area contributed by atoms with Crippen LogP contribution in [0.15, 0.2) is 24.4 Å². The van der Waals surface area contributed by atoms with E-state index < -0.39 is 0 Å². The molecule has 0 spiro atoms. The van der Waals surface area contributed by atoms with Crippen molar-refractivity contribution in [3.8, 4) is 0 Å². The second-order valence-corrected chi connectivity index (χ2v) is 4.04. The molecule has 0 amide bonds. The minimum Gasteiger partial charge on any atom is -0.273 e. The second-order valence-electron chi connectivity index (χ2n) is 2.80. The molecule has 0 aliphatic rings. The maximum absolute atomic E-state index is 11.0. The fourth-order valence-electron chi connectivity index (χ4n) is 1.15. The number of carbonyl (C=O) groups is 1. The highest BCUT2D eigenvalue weighted by molar-refractivity contribution is 14.1. The fraction of sp³-hybridized carbons (Fsp3) is 0.111. The molecule has 0 saturated heterocycles. The lowest BCUT2D eigenvalue weighted by molar-refractivity contribution is 0.0922. The van der Waals surface area contributed by atoms with E-state index in [1.165, 1.54) is 11.6 Å². The lowest BCUT2D eigenvalue weighted by atomic mass is 10.3. The summed E-state index contributed by atoms with van der Waals surface area (Å²) in [6, 6.07) is 5.91. The number of fused-ring (bicyclic) bond motifs is 1. The van der Waals surface area contributed by atoms with Crippen molar-refractivity contribution in [3.63, 3.8) is 0 Å². The van der Waals surface area contributed by atoms with Gasteiger partial charge in [-0.25, -0.2) is 4.68 Å². The summed E-state index contributed by atoms with van der Waals surface area (Å²) in [6.45, 7) is 1.50. The van der Waals surface area contributed by atoms with Crippen molar-refractivity contribution in [1.29, 1.82) is 0 Å². The van der Waals surface area contributed by atoms with Crippen molar-refractivity contribution in [2.45, 2.75) is 6.92 Å². The van der Waals surface area contributed by atoms with Gasteiger partial charge in [-0.15, -0.1) is 0 Å². The van der Waals surface area contributed by atoms with E-state index in [-0.39, 0.29) is 5.91 Å². The van der Waals surface area contributed by atoms with Gasteiger partial charge >= 0.3 is 0 Å². The third kappa shape index (κ3) is 1.58. The van der Waals surface area contributed by atoms with Gasteiger partial charge in [0.05, 0.1) is 5.52 Å². The molecule has 0 fully saturated rings. The first-order chi connectivity index (χ1) is 6.16. The van der Waals surface area contributed by atoms with Crippen molar-refractivity contribution in [3.05, 3.63) is 28.0 Å². The van der Waals surface area contributed by atoms with Gasteiger partial charge in [-0.05, 0) is 34.7 Å². The molecule has 1 aromatic heterocycles. The predicted molar refractivity (Wildman–Crippen MR) is 58.8 cm³/mol. The first-order valence-corrected chi connectivity index (χ1v) is 4.90. The standard InChI is InChI=1S/C9H7IN2O/c1-6(13)12-5-7-2-3-8(10)4-9(7)11-12/h2-5H,1H3. The van der Waals surface area contributed by atoms with E-state index >= 15 is 0 Å². The molecule has 0 aliphatic heterocycles. The van der Waals surface area contributed by atoms with E-state index in [0.29, 0.717) is 0 Å². The Kier molecular flexibility index (Phi) is 2.07. The molecular formula is C9H7IN2O.